The summed E-state index contributed by atoms with van der Waals surface area (Å²) >= 11 is 0. The van der Waals surface area contributed by atoms with E-state index in [-0.39, 0.29) is 5.82 Å². The number of rotatable bonds is 3. The number of ether oxygens (including phenoxy) is 1. The minimum absolute atomic E-state index is 0.354. The summed E-state index contributed by atoms with van der Waals surface area (Å²) in [6.45, 7) is 5.79. The normalized spacial score (nSPS) is 12.3. The van der Waals surface area contributed by atoms with Crippen LogP contribution in [0.5, 0.6) is 5.75 Å². The van der Waals surface area contributed by atoms with Gasteiger partial charge in [-0.1, -0.05) is 18.2 Å². The van der Waals surface area contributed by atoms with Gasteiger partial charge >= 0.3 is 0 Å². The Hall–Kier alpha value is -1.87. The monoisotopic (exact) mass is 274 g/mol. The minimum Gasteiger partial charge on any atom is -0.496 e. The van der Waals surface area contributed by atoms with Crippen molar-refractivity contribution in [2.24, 2.45) is 0 Å². The fraction of sp³-hybridized carbons (Fsp3) is 0.294. The maximum Gasteiger partial charge on any atom is 0.128 e. The van der Waals surface area contributed by atoms with Crippen molar-refractivity contribution in [2.45, 2.75) is 26.9 Å². The Morgan fingerprint density at radius 3 is 2.30 bits per heavy atom. The van der Waals surface area contributed by atoms with Gasteiger partial charge in [-0.05, 0) is 55.2 Å². The molecule has 0 fully saturated rings. The minimum atomic E-state index is -0.903. The summed E-state index contributed by atoms with van der Waals surface area (Å²) < 4.78 is 18.8. The molecule has 2 aromatic rings. The summed E-state index contributed by atoms with van der Waals surface area (Å²) in [7, 11) is 1.58. The van der Waals surface area contributed by atoms with Gasteiger partial charge in [0.25, 0.3) is 0 Å². The van der Waals surface area contributed by atoms with Crippen LogP contribution in [0.15, 0.2) is 30.3 Å². The van der Waals surface area contributed by atoms with Crippen molar-refractivity contribution in [3.8, 4) is 5.75 Å². The van der Waals surface area contributed by atoms with Crippen LogP contribution in [0.25, 0.3) is 0 Å². The molecular formula is C17H19FO2. The predicted molar refractivity (Wildman–Crippen MR) is 77.7 cm³/mol. The number of aliphatic hydroxyl groups excluding tert-OH is 1. The second-order valence-corrected chi connectivity index (χ2v) is 5.03. The standard InChI is InChI=1S/C17H19FO2/c1-10-6-8-14(17(20-4)12(10)3)16(19)15-9-13(18)7-5-11(15)2/h5-9,16,19H,1-4H3. The van der Waals surface area contributed by atoms with Crippen molar-refractivity contribution in [1.29, 1.82) is 0 Å². The molecule has 1 N–H and O–H groups in total. The Labute approximate surface area is 118 Å². The van der Waals surface area contributed by atoms with Crippen LogP contribution in [0.3, 0.4) is 0 Å². The molecule has 0 radical (unpaired) electrons. The van der Waals surface area contributed by atoms with Crippen molar-refractivity contribution < 1.29 is 14.2 Å². The highest BCUT2D eigenvalue weighted by molar-refractivity contribution is 5.49. The van der Waals surface area contributed by atoms with Gasteiger partial charge in [0.05, 0.1) is 7.11 Å². The van der Waals surface area contributed by atoms with E-state index in [2.05, 4.69) is 0 Å². The van der Waals surface area contributed by atoms with Gasteiger partial charge in [0.2, 0.25) is 0 Å². The molecule has 106 valence electrons. The fourth-order valence-corrected chi connectivity index (χ4v) is 2.37. The molecule has 2 rings (SSSR count). The molecule has 3 heteroatoms. The van der Waals surface area contributed by atoms with Crippen LogP contribution in [-0.4, -0.2) is 12.2 Å². The average molecular weight is 274 g/mol. The van der Waals surface area contributed by atoms with Gasteiger partial charge in [-0.2, -0.15) is 0 Å². The molecule has 0 amide bonds. The molecule has 0 heterocycles. The van der Waals surface area contributed by atoms with E-state index in [1.165, 1.54) is 12.1 Å². The van der Waals surface area contributed by atoms with Crippen molar-refractivity contribution >= 4 is 0 Å². The Morgan fingerprint density at radius 2 is 1.65 bits per heavy atom. The Morgan fingerprint density at radius 1 is 1.00 bits per heavy atom. The van der Waals surface area contributed by atoms with Crippen LogP contribution >= 0.6 is 0 Å². The van der Waals surface area contributed by atoms with Crippen LogP contribution < -0.4 is 4.74 Å². The summed E-state index contributed by atoms with van der Waals surface area (Å²) in [6, 6.07) is 8.19. The van der Waals surface area contributed by atoms with Gasteiger partial charge in [-0.25, -0.2) is 4.39 Å². The molecule has 1 unspecified atom stereocenters. The molecule has 0 bridgehead atoms. The van der Waals surface area contributed by atoms with Gasteiger partial charge < -0.3 is 9.84 Å². The van der Waals surface area contributed by atoms with Crippen LogP contribution in [0, 0.1) is 26.6 Å². The zero-order valence-corrected chi connectivity index (χ0v) is 12.2. The molecule has 20 heavy (non-hydrogen) atoms. The maximum atomic E-state index is 13.4. The summed E-state index contributed by atoms with van der Waals surface area (Å²) in [5, 5.41) is 10.6. The lowest BCUT2D eigenvalue weighted by Gasteiger charge is -2.19. The molecule has 0 aliphatic carbocycles. The number of aryl methyl sites for hydroxylation is 2. The lowest BCUT2D eigenvalue weighted by Crippen LogP contribution is -2.06. The molecule has 2 aromatic carbocycles. The van der Waals surface area contributed by atoms with E-state index >= 15 is 0 Å². The smallest absolute Gasteiger partial charge is 0.128 e. The number of halogens is 1. The molecular weight excluding hydrogens is 255 g/mol. The average Bonchev–Trinajstić information content (AvgIpc) is 2.43. The van der Waals surface area contributed by atoms with Crippen LogP contribution in [0.4, 0.5) is 4.39 Å². The van der Waals surface area contributed by atoms with Crippen LogP contribution in [0.1, 0.15) is 33.9 Å². The van der Waals surface area contributed by atoms with Gasteiger partial charge in [0.15, 0.2) is 0 Å². The lowest BCUT2D eigenvalue weighted by atomic mass is 9.94. The van der Waals surface area contributed by atoms with Crippen molar-refractivity contribution in [3.63, 3.8) is 0 Å². The Kier molecular flexibility index (Phi) is 4.09. The number of aliphatic hydroxyl groups is 1. The number of hydrogen-bond donors (Lipinski definition) is 1. The van der Waals surface area contributed by atoms with Crippen LogP contribution in [-0.2, 0) is 0 Å². The predicted octanol–water partition coefficient (Wildman–Crippen LogP) is 3.84. The van der Waals surface area contributed by atoms with Gasteiger partial charge in [0.1, 0.15) is 17.7 Å². The molecule has 0 saturated carbocycles. The maximum absolute atomic E-state index is 13.4. The van der Waals surface area contributed by atoms with E-state index in [0.717, 1.165) is 16.7 Å². The van der Waals surface area contributed by atoms with E-state index in [4.69, 9.17) is 4.74 Å². The zero-order chi connectivity index (χ0) is 14.9. The summed E-state index contributed by atoms with van der Waals surface area (Å²) in [5.74, 6) is 0.300. The second kappa shape index (κ2) is 5.63. The van der Waals surface area contributed by atoms with Crippen LogP contribution in [0.2, 0.25) is 0 Å². The molecule has 0 aliphatic heterocycles. The SMILES string of the molecule is COc1c(C(O)c2cc(F)ccc2C)ccc(C)c1C. The third-order valence-electron chi connectivity index (χ3n) is 3.74. The van der Waals surface area contributed by atoms with Crippen molar-refractivity contribution in [1.82, 2.24) is 0 Å². The summed E-state index contributed by atoms with van der Waals surface area (Å²) in [5.41, 5.74) is 4.14. The zero-order valence-electron chi connectivity index (χ0n) is 12.2. The number of hydrogen-bond acceptors (Lipinski definition) is 2. The van der Waals surface area contributed by atoms with E-state index in [1.807, 2.05) is 32.9 Å². The van der Waals surface area contributed by atoms with Gasteiger partial charge in [0, 0.05) is 5.56 Å². The quantitative estimate of drug-likeness (QED) is 0.921. The first-order valence-electron chi connectivity index (χ1n) is 6.54. The van der Waals surface area contributed by atoms with Crippen molar-refractivity contribution in [2.75, 3.05) is 7.11 Å². The molecule has 2 nitrogen and oxygen atoms in total. The molecule has 0 spiro atoms. The largest absolute Gasteiger partial charge is 0.496 e. The summed E-state index contributed by atoms with van der Waals surface area (Å²) in [6.07, 6.45) is -0.903. The number of benzene rings is 2. The molecule has 0 aromatic heterocycles. The third kappa shape index (κ3) is 2.54. The van der Waals surface area contributed by atoms with E-state index in [9.17, 15) is 9.50 Å². The van der Waals surface area contributed by atoms with E-state index < -0.39 is 6.10 Å². The summed E-state index contributed by atoms with van der Waals surface area (Å²) in [4.78, 5) is 0. The van der Waals surface area contributed by atoms with E-state index in [1.54, 1.807) is 13.2 Å². The number of methoxy groups -OCH3 is 1. The van der Waals surface area contributed by atoms with Gasteiger partial charge in [-0.15, -0.1) is 0 Å². The third-order valence-corrected chi connectivity index (χ3v) is 3.74. The highest BCUT2D eigenvalue weighted by Gasteiger charge is 2.19. The van der Waals surface area contributed by atoms with E-state index in [0.29, 0.717) is 16.9 Å². The molecule has 1 atom stereocenters. The first-order chi connectivity index (χ1) is 9.45. The Bertz CT molecular complexity index is 635. The lowest BCUT2D eigenvalue weighted by molar-refractivity contribution is 0.213. The van der Waals surface area contributed by atoms with Crippen molar-refractivity contribution in [3.05, 3.63) is 64.0 Å². The molecule has 0 saturated heterocycles. The molecule has 0 aliphatic rings. The second-order valence-electron chi connectivity index (χ2n) is 5.03. The van der Waals surface area contributed by atoms with Gasteiger partial charge in [-0.3, -0.25) is 0 Å². The first kappa shape index (κ1) is 14.5. The highest BCUT2D eigenvalue weighted by Crippen LogP contribution is 2.35. The highest BCUT2D eigenvalue weighted by atomic mass is 19.1. The Balaban J connectivity index is 2.56. The first-order valence-corrected chi connectivity index (χ1v) is 6.54. The fourth-order valence-electron chi connectivity index (χ4n) is 2.37. The topological polar surface area (TPSA) is 29.5 Å².